The van der Waals surface area contributed by atoms with Crippen molar-refractivity contribution >= 4 is 33.7 Å². The molecule has 0 aliphatic carbocycles. The molecule has 2 rings (SSSR count). The molecule has 0 spiro atoms. The summed E-state index contributed by atoms with van der Waals surface area (Å²) < 4.78 is 59.7. The maximum absolute atomic E-state index is 11.5. The Kier molecular flexibility index (Phi) is 104. The summed E-state index contributed by atoms with van der Waals surface area (Å²) in [5, 5.41) is 47.7. The average Bonchev–Trinajstić information content (AvgIpc) is 2.70. The number of phenols is 2. The van der Waals surface area contributed by atoms with Crippen LogP contribution in [0.5, 0.6) is 11.5 Å². The van der Waals surface area contributed by atoms with Crippen molar-refractivity contribution in [1.82, 2.24) is 10.6 Å². The summed E-state index contributed by atoms with van der Waals surface area (Å²) in [6, 6.07) is 1.60. The molecule has 2 atom stereocenters. The van der Waals surface area contributed by atoms with E-state index in [0.29, 0.717) is 0 Å². The molecule has 2 unspecified atom stereocenters. The van der Waals surface area contributed by atoms with Gasteiger partial charge in [0, 0.05) is 34.0 Å². The molecule has 0 amide bonds. The monoisotopic (exact) mass is 865 g/mol. The van der Waals surface area contributed by atoms with Gasteiger partial charge in [-0.3, -0.25) is 0 Å². The predicted molar refractivity (Wildman–Crippen MR) is 111 cm³/mol. The zero-order chi connectivity index (χ0) is 25.8. The number of carboxylic acid groups (broad SMARTS) is 2. The van der Waals surface area contributed by atoms with Gasteiger partial charge < -0.3 is 68.0 Å². The minimum Gasteiger partial charge on any atom is -0.769 e. The molecule has 8 N–H and O–H groups in total. The average molecular weight is 865 g/mol. The van der Waals surface area contributed by atoms with Crippen LogP contribution in [-0.4, -0.2) is 62.6 Å². The Hall–Kier alpha value is 12.4. The van der Waals surface area contributed by atoms with Crippen molar-refractivity contribution in [3.8, 4) is 11.5 Å². The second-order valence-corrected chi connectivity index (χ2v) is 9.78. The summed E-state index contributed by atoms with van der Waals surface area (Å²) in [6.07, 6.45) is 0. The Morgan fingerprint density at radius 2 is 0.755 bits per heavy atom. The van der Waals surface area contributed by atoms with E-state index in [1.54, 1.807) is 0 Å². The van der Waals surface area contributed by atoms with Crippen molar-refractivity contribution in [2.24, 2.45) is 0 Å². The quantitative estimate of drug-likeness (QED) is 0.0771. The summed E-state index contributed by atoms with van der Waals surface area (Å²) in [7, 11) is -8.93. The fourth-order valence-corrected chi connectivity index (χ4v) is 3.98. The smallest absolute Gasteiger partial charge is 0.769 e. The molecule has 49 heavy (non-hydrogen) atoms. The zero-order valence-electron chi connectivity index (χ0n) is 32.0. The van der Waals surface area contributed by atoms with E-state index in [1.165, 1.54) is 0 Å². The van der Waals surface area contributed by atoms with Crippen molar-refractivity contribution in [3.05, 3.63) is 47.5 Å². The topological polar surface area (TPSA) is 272 Å². The van der Waals surface area contributed by atoms with Gasteiger partial charge in [0.2, 0.25) is 0 Å². The number of hydrogen-bond donors (Lipinski definition) is 8. The van der Waals surface area contributed by atoms with Crippen LogP contribution in [-0.2, 0) is 9.59 Å². The Labute approximate surface area is 622 Å². The van der Waals surface area contributed by atoms with Crippen LogP contribution in [0.4, 0.5) is 0 Å². The number of phenolic OH excluding ortho intramolecular Hbond substituents is 2. The molecule has 14 nitrogen and oxygen atoms in total. The van der Waals surface area contributed by atoms with Gasteiger partial charge in [-0.15, -0.1) is 0 Å². The summed E-state index contributed by atoms with van der Waals surface area (Å²) in [5.41, 5.74) is -0.841. The molecule has 0 radical (unpaired) electrons. The van der Waals surface area contributed by atoms with Gasteiger partial charge in [-0.2, -0.15) is 0 Å². The van der Waals surface area contributed by atoms with E-state index < -0.39 is 78.2 Å². The Balaban J connectivity index is -0.0000000681. The summed E-state index contributed by atoms with van der Waals surface area (Å²) in [5.74, 6) is -4.74. The Morgan fingerprint density at radius 1 is 0.531 bits per heavy atom. The molecular formula is C18H20N2Na15O12S2+11. The van der Waals surface area contributed by atoms with Crippen LogP contribution in [0.25, 0.3) is 0 Å². The second kappa shape index (κ2) is 51.3. The van der Waals surface area contributed by atoms with E-state index in [0.717, 1.165) is 36.4 Å². The van der Waals surface area contributed by atoms with Crippen molar-refractivity contribution in [1.29, 1.82) is 0 Å². The van der Waals surface area contributed by atoms with E-state index in [-0.39, 0.29) is 456 Å². The molecule has 0 aliphatic rings. The van der Waals surface area contributed by atoms with Crippen LogP contribution in [0, 0.1) is 0 Å². The second-order valence-electron chi connectivity index (χ2n) is 6.85. The standard InChI is InChI=1S/C18H24N2O12S2.15Na/c21-13-3-1-9(33(27,28)29)7-11(13)15(17(23)24)19-5-6-20-16(18(25)26)12-8-10(34(30,31)32)2-4-14(12)22;;;;;;;;;;;;;;;/h1-4,7-8,15-16,19-22,27-32H,5-6H2,(H,23,24)(H,25,26);;;;;;;;;;;;;;;/q;15*+1/p-4. The molecule has 31 heteroatoms. The number of rotatable bonds is 11. The van der Waals surface area contributed by atoms with Crippen LogP contribution in [0.1, 0.15) is 23.2 Å². The third-order valence-corrected chi connectivity index (χ3v) is 6.26. The molecular weight excluding hydrogens is 845 g/mol. The molecule has 0 fully saturated rings. The largest absolute Gasteiger partial charge is 1.00 e. The molecule has 0 saturated carbocycles. The summed E-state index contributed by atoms with van der Waals surface area (Å²) in [6.45, 7) is -0.617. The Bertz CT molecular complexity index is 1010. The first-order chi connectivity index (χ1) is 15.6. The molecule has 0 heterocycles. The van der Waals surface area contributed by atoms with Gasteiger partial charge in [0.15, 0.2) is 0 Å². The number of benzene rings is 2. The van der Waals surface area contributed by atoms with Gasteiger partial charge >= 0.3 is 443 Å². The van der Waals surface area contributed by atoms with Crippen molar-refractivity contribution < 1.29 is 501 Å². The van der Waals surface area contributed by atoms with Crippen LogP contribution >= 0.6 is 21.7 Å². The number of aliphatic carboxylic acids is 2. The summed E-state index contributed by atoms with van der Waals surface area (Å²) in [4.78, 5) is 21.9. The van der Waals surface area contributed by atoms with Gasteiger partial charge in [0.1, 0.15) is 11.5 Å². The minimum absolute atomic E-state index is 0. The van der Waals surface area contributed by atoms with Crippen molar-refractivity contribution in [2.75, 3.05) is 13.1 Å². The number of hydrogen-bond acceptors (Lipinski definition) is 14. The molecule has 0 aliphatic heterocycles. The molecule has 2 aromatic rings. The van der Waals surface area contributed by atoms with Crippen LogP contribution < -0.4 is 464 Å². The maximum Gasteiger partial charge on any atom is 1.00 e. The molecule has 0 aromatic heterocycles. The first-order valence-corrected chi connectivity index (χ1v) is 12.1. The third kappa shape index (κ3) is 38.2. The number of carboxylic acids is 2. The Morgan fingerprint density at radius 3 is 0.939 bits per heavy atom. The number of carbonyl (C=O) groups is 2. The maximum atomic E-state index is 11.5. The number of nitrogens with one attached hydrogen (secondary N) is 2. The predicted octanol–water partition coefficient (Wildman–Crippen LogP) is -45.9. The number of aromatic hydroxyl groups is 2. The fourth-order valence-electron chi connectivity index (χ4n) is 2.93. The van der Waals surface area contributed by atoms with E-state index in [9.17, 15) is 57.3 Å². The first kappa shape index (κ1) is 99.7. The van der Waals surface area contributed by atoms with Gasteiger partial charge in [0.05, 0.1) is 24.0 Å². The number of carbonyl (C=O) groups excluding carboxylic acids is 2. The van der Waals surface area contributed by atoms with Crippen molar-refractivity contribution in [2.45, 2.75) is 21.9 Å². The van der Waals surface area contributed by atoms with Gasteiger partial charge in [-0.05, 0) is 36.4 Å². The fraction of sp³-hybridized carbons (Fsp3) is 0.222. The van der Waals surface area contributed by atoms with Crippen LogP contribution in [0.15, 0.2) is 46.2 Å². The zero-order valence-corrected chi connectivity index (χ0v) is 63.6. The molecule has 0 saturated heterocycles. The van der Waals surface area contributed by atoms with E-state index in [1.807, 2.05) is 0 Å². The first-order valence-electron chi connectivity index (χ1n) is 9.15. The van der Waals surface area contributed by atoms with Crippen LogP contribution in [0.2, 0.25) is 0 Å². The summed E-state index contributed by atoms with van der Waals surface area (Å²) >= 11 is 0. The van der Waals surface area contributed by atoms with Gasteiger partial charge in [-0.1, -0.05) is 21.7 Å². The van der Waals surface area contributed by atoms with Gasteiger partial charge in [0.25, 0.3) is 0 Å². The van der Waals surface area contributed by atoms with E-state index >= 15 is 0 Å². The van der Waals surface area contributed by atoms with Crippen molar-refractivity contribution in [3.63, 3.8) is 0 Å². The normalized spacial score (nSPS) is 10.3. The van der Waals surface area contributed by atoms with E-state index in [2.05, 4.69) is 10.6 Å². The molecule has 0 bridgehead atoms. The van der Waals surface area contributed by atoms with Crippen LogP contribution in [0.3, 0.4) is 0 Å². The third-order valence-electron chi connectivity index (χ3n) is 4.53. The van der Waals surface area contributed by atoms with E-state index in [4.69, 9.17) is 0 Å². The van der Waals surface area contributed by atoms with Gasteiger partial charge in [-0.25, -0.2) is 0 Å². The molecule has 190 valence electrons. The SMILES string of the molecule is O=C([O-])C(NCCNC(C(=O)[O-])c1cc(S([O-])(O)O)ccc1O)c1cc(S([O-])(O)O)ccc1O.[Na+].[Na+].[Na+].[Na+].[Na+].[Na+].[Na+].[Na+].[Na+].[Na+].[Na+].[Na+].[Na+].[Na+].[Na+]. The minimum atomic E-state index is -4.46. The molecule has 2 aromatic carbocycles.